The molecule has 0 aliphatic carbocycles. The summed E-state index contributed by atoms with van der Waals surface area (Å²) in [6.45, 7) is 11.2. The van der Waals surface area contributed by atoms with E-state index in [2.05, 4.69) is 34.6 Å². The number of benzene rings is 1. The molecular weight excluding hydrogens is 199 g/mol. The van der Waals surface area contributed by atoms with E-state index in [9.17, 15) is 4.39 Å². The standard InChI is InChI=1S/C15H23F/c1-11(2)14(10-15(3,4)5)12-6-8-13(16)9-7-12/h6-9,11,14H,10H2,1-5H3. The van der Waals surface area contributed by atoms with Crippen LogP contribution in [0.2, 0.25) is 0 Å². The lowest BCUT2D eigenvalue weighted by molar-refractivity contribution is 0.301. The van der Waals surface area contributed by atoms with Crippen LogP contribution in [0.4, 0.5) is 4.39 Å². The van der Waals surface area contributed by atoms with Gasteiger partial charge in [0.15, 0.2) is 0 Å². The average Bonchev–Trinajstić information content (AvgIpc) is 2.14. The zero-order chi connectivity index (χ0) is 12.3. The summed E-state index contributed by atoms with van der Waals surface area (Å²) in [6, 6.07) is 6.97. The largest absolute Gasteiger partial charge is 0.207 e. The van der Waals surface area contributed by atoms with Crippen molar-refractivity contribution in [2.45, 2.75) is 47.0 Å². The van der Waals surface area contributed by atoms with Crippen LogP contribution in [-0.4, -0.2) is 0 Å². The summed E-state index contributed by atoms with van der Waals surface area (Å²) in [7, 11) is 0. The Morgan fingerprint density at radius 1 is 1.06 bits per heavy atom. The zero-order valence-corrected chi connectivity index (χ0v) is 11.0. The minimum absolute atomic E-state index is 0.151. The molecule has 1 heteroatoms. The molecule has 0 nitrogen and oxygen atoms in total. The van der Waals surface area contributed by atoms with E-state index in [-0.39, 0.29) is 5.82 Å². The van der Waals surface area contributed by atoms with E-state index >= 15 is 0 Å². The fourth-order valence-electron chi connectivity index (χ4n) is 2.11. The second-order valence-corrected chi connectivity index (χ2v) is 6.17. The van der Waals surface area contributed by atoms with Gasteiger partial charge in [0, 0.05) is 0 Å². The SMILES string of the molecule is CC(C)C(CC(C)(C)C)c1ccc(F)cc1. The van der Waals surface area contributed by atoms with Crippen LogP contribution in [0.15, 0.2) is 24.3 Å². The first kappa shape index (κ1) is 13.2. The molecule has 0 spiro atoms. The van der Waals surface area contributed by atoms with Gasteiger partial charge in [-0.15, -0.1) is 0 Å². The van der Waals surface area contributed by atoms with Crippen LogP contribution in [-0.2, 0) is 0 Å². The summed E-state index contributed by atoms with van der Waals surface area (Å²) in [5, 5.41) is 0. The Labute approximate surface area is 98.9 Å². The quantitative estimate of drug-likeness (QED) is 0.675. The first-order valence-corrected chi connectivity index (χ1v) is 6.05. The highest BCUT2D eigenvalue weighted by Gasteiger charge is 2.22. The topological polar surface area (TPSA) is 0 Å². The van der Waals surface area contributed by atoms with Gasteiger partial charge in [-0.1, -0.05) is 46.8 Å². The van der Waals surface area contributed by atoms with Gasteiger partial charge in [0.05, 0.1) is 0 Å². The van der Waals surface area contributed by atoms with Crippen molar-refractivity contribution in [3.05, 3.63) is 35.6 Å². The van der Waals surface area contributed by atoms with Crippen molar-refractivity contribution in [3.8, 4) is 0 Å². The Kier molecular flexibility index (Phi) is 4.12. The highest BCUT2D eigenvalue weighted by molar-refractivity contribution is 5.21. The number of rotatable bonds is 3. The fraction of sp³-hybridized carbons (Fsp3) is 0.600. The molecule has 0 amide bonds. The van der Waals surface area contributed by atoms with Gasteiger partial charge in [-0.2, -0.15) is 0 Å². The summed E-state index contributed by atoms with van der Waals surface area (Å²) >= 11 is 0. The molecule has 0 aromatic heterocycles. The van der Waals surface area contributed by atoms with E-state index in [1.54, 1.807) is 12.1 Å². The van der Waals surface area contributed by atoms with Crippen molar-refractivity contribution in [1.82, 2.24) is 0 Å². The number of hydrogen-bond acceptors (Lipinski definition) is 0. The molecule has 0 fully saturated rings. The second-order valence-electron chi connectivity index (χ2n) is 6.17. The Balaban J connectivity index is 2.90. The lowest BCUT2D eigenvalue weighted by Gasteiger charge is -2.29. The molecule has 1 aromatic rings. The van der Waals surface area contributed by atoms with Crippen molar-refractivity contribution in [2.24, 2.45) is 11.3 Å². The Bertz CT molecular complexity index is 316. The number of halogens is 1. The summed E-state index contributed by atoms with van der Waals surface area (Å²) in [5.74, 6) is 0.951. The molecule has 1 unspecified atom stereocenters. The van der Waals surface area contributed by atoms with Crippen LogP contribution in [0.3, 0.4) is 0 Å². The van der Waals surface area contributed by atoms with Crippen LogP contribution in [0.5, 0.6) is 0 Å². The van der Waals surface area contributed by atoms with Crippen molar-refractivity contribution in [2.75, 3.05) is 0 Å². The minimum Gasteiger partial charge on any atom is -0.207 e. The highest BCUT2D eigenvalue weighted by atomic mass is 19.1. The Morgan fingerprint density at radius 3 is 1.94 bits per heavy atom. The summed E-state index contributed by atoms with van der Waals surface area (Å²) in [5.41, 5.74) is 1.56. The lowest BCUT2D eigenvalue weighted by Crippen LogP contribution is -2.16. The first-order valence-electron chi connectivity index (χ1n) is 6.05. The van der Waals surface area contributed by atoms with Gasteiger partial charge in [-0.3, -0.25) is 0 Å². The van der Waals surface area contributed by atoms with Gasteiger partial charge in [0.2, 0.25) is 0 Å². The van der Waals surface area contributed by atoms with Crippen molar-refractivity contribution in [3.63, 3.8) is 0 Å². The second kappa shape index (κ2) is 4.99. The summed E-state index contributed by atoms with van der Waals surface area (Å²) in [6.07, 6.45) is 1.14. The molecule has 0 saturated carbocycles. The van der Waals surface area contributed by atoms with E-state index in [0.717, 1.165) is 6.42 Å². The monoisotopic (exact) mass is 222 g/mol. The molecule has 1 aromatic carbocycles. The maximum Gasteiger partial charge on any atom is 0.123 e. The van der Waals surface area contributed by atoms with Gasteiger partial charge >= 0.3 is 0 Å². The molecule has 0 aliphatic rings. The molecule has 0 aliphatic heterocycles. The summed E-state index contributed by atoms with van der Waals surface area (Å²) in [4.78, 5) is 0. The highest BCUT2D eigenvalue weighted by Crippen LogP contribution is 2.36. The van der Waals surface area contributed by atoms with Crippen molar-refractivity contribution < 1.29 is 4.39 Å². The Morgan fingerprint density at radius 2 is 1.56 bits per heavy atom. The predicted octanol–water partition coefficient (Wildman–Crippen LogP) is 5.00. The molecule has 0 radical (unpaired) electrons. The zero-order valence-electron chi connectivity index (χ0n) is 11.0. The summed E-state index contributed by atoms with van der Waals surface area (Å²) < 4.78 is 12.9. The molecular formula is C15H23F. The van der Waals surface area contributed by atoms with E-state index in [0.29, 0.717) is 17.3 Å². The van der Waals surface area contributed by atoms with Crippen LogP contribution in [0.1, 0.15) is 52.5 Å². The van der Waals surface area contributed by atoms with Gasteiger partial charge in [-0.25, -0.2) is 4.39 Å². The van der Waals surface area contributed by atoms with E-state index in [4.69, 9.17) is 0 Å². The van der Waals surface area contributed by atoms with Crippen LogP contribution < -0.4 is 0 Å². The molecule has 1 atom stereocenters. The molecule has 1 rings (SSSR count). The number of hydrogen-bond donors (Lipinski definition) is 0. The fourth-order valence-corrected chi connectivity index (χ4v) is 2.11. The molecule has 0 saturated heterocycles. The molecule has 0 heterocycles. The smallest absolute Gasteiger partial charge is 0.123 e. The molecule has 0 bridgehead atoms. The van der Waals surface area contributed by atoms with Crippen molar-refractivity contribution >= 4 is 0 Å². The van der Waals surface area contributed by atoms with Crippen LogP contribution in [0.25, 0.3) is 0 Å². The molecule has 90 valence electrons. The Hall–Kier alpha value is -0.850. The predicted molar refractivity (Wildman–Crippen MR) is 68.1 cm³/mol. The first-order chi connectivity index (χ1) is 7.29. The van der Waals surface area contributed by atoms with Gasteiger partial charge < -0.3 is 0 Å². The third kappa shape index (κ3) is 3.96. The molecule has 0 N–H and O–H groups in total. The average molecular weight is 222 g/mol. The third-order valence-corrected chi connectivity index (χ3v) is 2.94. The van der Waals surface area contributed by atoms with Crippen LogP contribution in [0, 0.1) is 17.2 Å². The maximum atomic E-state index is 12.9. The molecule has 16 heavy (non-hydrogen) atoms. The normalized spacial score (nSPS) is 14.2. The lowest BCUT2D eigenvalue weighted by atomic mass is 9.76. The third-order valence-electron chi connectivity index (χ3n) is 2.94. The van der Waals surface area contributed by atoms with Gasteiger partial charge in [0.25, 0.3) is 0 Å². The maximum absolute atomic E-state index is 12.9. The van der Waals surface area contributed by atoms with Gasteiger partial charge in [-0.05, 0) is 41.4 Å². The van der Waals surface area contributed by atoms with E-state index in [1.807, 2.05) is 12.1 Å². The van der Waals surface area contributed by atoms with Crippen molar-refractivity contribution in [1.29, 1.82) is 0 Å². The van der Waals surface area contributed by atoms with Crippen LogP contribution >= 0.6 is 0 Å². The van der Waals surface area contributed by atoms with E-state index in [1.165, 1.54) is 5.56 Å². The minimum atomic E-state index is -0.151. The van der Waals surface area contributed by atoms with E-state index < -0.39 is 0 Å². The van der Waals surface area contributed by atoms with Gasteiger partial charge in [0.1, 0.15) is 5.82 Å².